The Bertz CT molecular complexity index is 157. The van der Waals surface area contributed by atoms with Crippen LogP contribution in [0.2, 0.25) is 0 Å². The van der Waals surface area contributed by atoms with Gasteiger partial charge in [-0.2, -0.15) is 0 Å². The Balaban J connectivity index is -0.0000000412. The van der Waals surface area contributed by atoms with Gasteiger partial charge in [-0.25, -0.2) is 0 Å². The van der Waals surface area contributed by atoms with Crippen molar-refractivity contribution in [3.05, 3.63) is 46.0 Å². The zero-order valence-corrected chi connectivity index (χ0v) is 11.7. The summed E-state index contributed by atoms with van der Waals surface area (Å²) in [5, 5.41) is 52.2. The van der Waals surface area contributed by atoms with Gasteiger partial charge >= 0.3 is 32.7 Å². The average molecular weight is 351 g/mol. The van der Waals surface area contributed by atoms with E-state index in [0.717, 1.165) is 0 Å². The van der Waals surface area contributed by atoms with Gasteiger partial charge in [0.05, 0.1) is 28.5 Å². The topological polar surface area (TPSA) is 228 Å². The van der Waals surface area contributed by atoms with Crippen molar-refractivity contribution in [3.8, 4) is 0 Å². The zero-order valence-electron chi connectivity index (χ0n) is 8.86. The predicted octanol–water partition coefficient (Wildman–Crippen LogP) is -1.09. The predicted molar refractivity (Wildman–Crippen MR) is 50.0 cm³/mol. The molecule has 0 unspecified atom stereocenters. The van der Waals surface area contributed by atoms with Gasteiger partial charge in [-0.1, -0.05) is 0 Å². The second-order valence-corrected chi connectivity index (χ2v) is 1.39. The summed E-state index contributed by atoms with van der Waals surface area (Å²) < 4.78 is 4.44. The third-order valence-corrected chi connectivity index (χ3v) is 0.295. The van der Waals surface area contributed by atoms with E-state index in [1.165, 1.54) is 0 Å². The van der Waals surface area contributed by atoms with Gasteiger partial charge < -0.3 is 55.8 Å². The van der Waals surface area contributed by atoms with Crippen molar-refractivity contribution < 1.29 is 57.8 Å². The molecule has 0 aromatic rings. The Morgan fingerprint density at radius 3 is 1.06 bits per heavy atom. The van der Waals surface area contributed by atoms with Crippen LogP contribution in [0.5, 0.6) is 0 Å². The molecular formula is C3H8N3O11Y. The molecule has 0 amide bonds. The van der Waals surface area contributed by atoms with Crippen LogP contribution >= 0.6 is 0 Å². The summed E-state index contributed by atoms with van der Waals surface area (Å²) >= 11 is 0. The molecule has 14 nitrogen and oxygen atoms in total. The summed E-state index contributed by atoms with van der Waals surface area (Å²) in [4.78, 5) is 24.8. The van der Waals surface area contributed by atoms with Gasteiger partial charge in [0.2, 0.25) is 0 Å². The maximum atomic E-state index is 8.25. The molecule has 0 aliphatic heterocycles. The standard InChI is InChI=1S/C3H8O2.3NO3.Y/c1-5-3-2-4;3*2-1(3)4;/h4H,2-3H2,1H3;;;;/q;3*-1;+3. The third-order valence-electron chi connectivity index (χ3n) is 0.295. The van der Waals surface area contributed by atoms with Crippen molar-refractivity contribution >= 4 is 0 Å². The molecule has 0 spiro atoms. The van der Waals surface area contributed by atoms with Gasteiger partial charge in [0, 0.05) is 7.11 Å². The van der Waals surface area contributed by atoms with Gasteiger partial charge in [-0.15, -0.1) is 0 Å². The molecule has 15 heteroatoms. The van der Waals surface area contributed by atoms with E-state index in [-0.39, 0.29) is 39.3 Å². The Kier molecular flexibility index (Phi) is 49.4. The van der Waals surface area contributed by atoms with Crippen LogP contribution < -0.4 is 0 Å². The smallest absolute Gasteiger partial charge is 0.394 e. The molecule has 0 rings (SSSR count). The Morgan fingerprint density at radius 2 is 1.06 bits per heavy atom. The number of aliphatic hydroxyl groups excluding tert-OH is 1. The molecule has 0 radical (unpaired) electrons. The van der Waals surface area contributed by atoms with Crippen LogP contribution in [-0.4, -0.2) is 40.7 Å². The van der Waals surface area contributed by atoms with Crippen molar-refractivity contribution in [3.63, 3.8) is 0 Å². The first-order valence-electron chi connectivity index (χ1n) is 3.16. The molecular weight excluding hydrogens is 343 g/mol. The number of ether oxygens (including phenoxy) is 1. The molecule has 0 fully saturated rings. The van der Waals surface area contributed by atoms with E-state index < -0.39 is 15.3 Å². The van der Waals surface area contributed by atoms with Crippen LogP contribution in [0.3, 0.4) is 0 Å². The van der Waals surface area contributed by atoms with Gasteiger partial charge in [-0.05, 0) is 0 Å². The Hall–Kier alpha value is -1.38. The zero-order chi connectivity index (χ0) is 14.9. The largest absolute Gasteiger partial charge is 3.00 e. The second-order valence-electron chi connectivity index (χ2n) is 1.39. The number of methoxy groups -OCH3 is 1. The minimum atomic E-state index is -1.75. The summed E-state index contributed by atoms with van der Waals surface area (Å²) in [6.07, 6.45) is 0. The average Bonchev–Trinajstić information content (AvgIpc) is 2.01. The van der Waals surface area contributed by atoms with Gasteiger partial charge in [0.25, 0.3) is 0 Å². The van der Waals surface area contributed by atoms with Crippen LogP contribution in [0.1, 0.15) is 0 Å². The van der Waals surface area contributed by atoms with E-state index in [9.17, 15) is 0 Å². The first kappa shape index (κ1) is 30.0. The van der Waals surface area contributed by atoms with Crippen LogP contribution in [0.4, 0.5) is 0 Å². The molecule has 0 atom stereocenters. The number of aliphatic hydroxyl groups is 1. The van der Waals surface area contributed by atoms with Crippen molar-refractivity contribution in [1.82, 2.24) is 0 Å². The van der Waals surface area contributed by atoms with Gasteiger partial charge in [-0.3, -0.25) is 0 Å². The molecule has 104 valence electrons. The molecule has 0 aromatic carbocycles. The van der Waals surface area contributed by atoms with E-state index in [1.54, 1.807) is 7.11 Å². The van der Waals surface area contributed by atoms with E-state index >= 15 is 0 Å². The van der Waals surface area contributed by atoms with E-state index in [4.69, 9.17) is 51.1 Å². The fraction of sp³-hybridized carbons (Fsp3) is 1.00. The molecule has 0 heterocycles. The minimum absolute atomic E-state index is 0. The number of rotatable bonds is 2. The first-order chi connectivity index (χ1) is 7.61. The van der Waals surface area contributed by atoms with E-state index in [0.29, 0.717) is 6.61 Å². The van der Waals surface area contributed by atoms with Crippen LogP contribution in [-0.2, 0) is 37.4 Å². The second kappa shape index (κ2) is 29.6. The van der Waals surface area contributed by atoms with Crippen molar-refractivity contribution in [2.24, 2.45) is 0 Å². The Labute approximate surface area is 124 Å². The summed E-state index contributed by atoms with van der Waals surface area (Å²) in [7, 11) is 1.55. The molecule has 0 saturated heterocycles. The van der Waals surface area contributed by atoms with Crippen LogP contribution in [0.25, 0.3) is 0 Å². The molecule has 0 aromatic heterocycles. The van der Waals surface area contributed by atoms with Crippen LogP contribution in [0.15, 0.2) is 0 Å². The summed E-state index contributed by atoms with van der Waals surface area (Å²) in [5.41, 5.74) is 0. The normalized spacial score (nSPS) is 6.33. The van der Waals surface area contributed by atoms with Crippen molar-refractivity contribution in [2.45, 2.75) is 0 Å². The maximum absolute atomic E-state index is 8.25. The van der Waals surface area contributed by atoms with Gasteiger partial charge in [0.15, 0.2) is 0 Å². The number of nitrogens with zero attached hydrogens (tertiary/aromatic N) is 3. The summed E-state index contributed by atoms with van der Waals surface area (Å²) in [6, 6.07) is 0. The third kappa shape index (κ3) is 6970. The Morgan fingerprint density at radius 1 is 0.889 bits per heavy atom. The summed E-state index contributed by atoms with van der Waals surface area (Å²) in [5.74, 6) is 0. The van der Waals surface area contributed by atoms with E-state index in [2.05, 4.69) is 4.74 Å². The molecule has 1 N–H and O–H groups in total. The number of hydrogen-bond donors (Lipinski definition) is 1. The monoisotopic (exact) mass is 351 g/mol. The molecule has 0 saturated carbocycles. The first-order valence-corrected chi connectivity index (χ1v) is 3.16. The van der Waals surface area contributed by atoms with Gasteiger partial charge in [0.1, 0.15) is 0 Å². The van der Waals surface area contributed by atoms with Crippen molar-refractivity contribution in [1.29, 1.82) is 0 Å². The molecule has 0 bridgehead atoms. The maximum Gasteiger partial charge on any atom is 3.00 e. The molecule has 0 aliphatic rings. The fourth-order valence-corrected chi connectivity index (χ4v) is 0.0913. The molecule has 18 heavy (non-hydrogen) atoms. The minimum Gasteiger partial charge on any atom is -0.394 e. The molecule has 0 aliphatic carbocycles. The summed E-state index contributed by atoms with van der Waals surface area (Å²) in [6.45, 7) is 0.566. The van der Waals surface area contributed by atoms with Crippen LogP contribution in [0, 0.1) is 46.0 Å². The number of hydrogen-bond acceptors (Lipinski definition) is 11. The quantitative estimate of drug-likeness (QED) is 0.463. The van der Waals surface area contributed by atoms with E-state index in [1.807, 2.05) is 0 Å². The fourth-order valence-electron chi connectivity index (χ4n) is 0.0913. The van der Waals surface area contributed by atoms with Crippen molar-refractivity contribution in [2.75, 3.05) is 20.3 Å². The SMILES string of the molecule is COCCO.O=[N+]([O-])[O-].O=[N+]([O-])[O-].O=[N+]([O-])[O-].[Y+3].